The van der Waals surface area contributed by atoms with E-state index in [0.717, 1.165) is 0 Å². The highest BCUT2D eigenvalue weighted by atomic mass is 19.4. The van der Waals surface area contributed by atoms with Gasteiger partial charge in [0.15, 0.2) is 5.96 Å². The third-order valence-electron chi connectivity index (χ3n) is 0.878. The Hall–Kier alpha value is -2.00. The quantitative estimate of drug-likeness (QED) is 0.387. The number of nitrogens with one attached hydrogen (secondary N) is 2. The molecule has 0 radical (unpaired) electrons. The van der Waals surface area contributed by atoms with Gasteiger partial charge in [-0.15, -0.1) is 0 Å². The predicted octanol–water partition coefficient (Wildman–Crippen LogP) is 1.04. The van der Waals surface area contributed by atoms with E-state index in [1.54, 1.807) is 20.8 Å². The second-order valence-electron chi connectivity index (χ2n) is 3.84. The molecule has 0 aromatic carbocycles. The Labute approximate surface area is 101 Å². The van der Waals surface area contributed by atoms with E-state index in [1.807, 2.05) is 5.32 Å². The monoisotopic (exact) mass is 273 g/mol. The standard InChI is InChI=1S/C6H13N3O2.C2HF3O2/c1-6(2,3)11-5(10)9-4(7)8;3-2(4,5)1(6)7/h1-3H3,(H4,7,8,9,10);(H,6,7). The number of amides is 1. The summed E-state index contributed by atoms with van der Waals surface area (Å²) in [7, 11) is 0. The van der Waals surface area contributed by atoms with Gasteiger partial charge in [-0.25, -0.2) is 9.59 Å². The van der Waals surface area contributed by atoms with Gasteiger partial charge in [0.2, 0.25) is 0 Å². The van der Waals surface area contributed by atoms with Crippen molar-refractivity contribution in [2.24, 2.45) is 5.73 Å². The summed E-state index contributed by atoms with van der Waals surface area (Å²) in [6.45, 7) is 5.19. The summed E-state index contributed by atoms with van der Waals surface area (Å²) in [4.78, 5) is 19.6. The molecule has 0 bridgehead atoms. The van der Waals surface area contributed by atoms with Crippen LogP contribution in [0, 0.1) is 5.41 Å². The number of alkyl carbamates (subject to hydrolysis) is 1. The van der Waals surface area contributed by atoms with Gasteiger partial charge in [-0.1, -0.05) is 0 Å². The smallest absolute Gasteiger partial charge is 0.475 e. The second-order valence-corrected chi connectivity index (χ2v) is 3.84. The molecule has 7 nitrogen and oxygen atoms in total. The number of halogens is 3. The van der Waals surface area contributed by atoms with Crippen LogP contribution in [-0.4, -0.2) is 34.9 Å². The lowest BCUT2D eigenvalue weighted by atomic mass is 10.2. The van der Waals surface area contributed by atoms with Crippen LogP contribution < -0.4 is 11.1 Å². The van der Waals surface area contributed by atoms with Crippen LogP contribution in [0.1, 0.15) is 20.8 Å². The summed E-state index contributed by atoms with van der Waals surface area (Å²) in [5.74, 6) is -3.17. The Balaban J connectivity index is 0. The predicted molar refractivity (Wildman–Crippen MR) is 55.0 cm³/mol. The first kappa shape index (κ1) is 18.4. The highest BCUT2D eigenvalue weighted by Crippen LogP contribution is 2.13. The molecule has 0 fully saturated rings. The fraction of sp³-hybridized carbons (Fsp3) is 0.625. The number of ether oxygens (including phenoxy) is 1. The number of carboxylic acid groups (broad SMARTS) is 1. The van der Waals surface area contributed by atoms with Crippen LogP contribution in [0.3, 0.4) is 0 Å². The highest BCUT2D eigenvalue weighted by molar-refractivity contribution is 5.91. The van der Waals surface area contributed by atoms with Gasteiger partial charge >= 0.3 is 18.2 Å². The third kappa shape index (κ3) is 14.0. The van der Waals surface area contributed by atoms with Gasteiger partial charge in [0.25, 0.3) is 0 Å². The number of rotatable bonds is 0. The van der Waals surface area contributed by atoms with Crippen LogP contribution in [0.2, 0.25) is 0 Å². The molecule has 0 aromatic rings. The molecular weight excluding hydrogens is 259 g/mol. The molecule has 106 valence electrons. The maximum Gasteiger partial charge on any atom is 0.490 e. The van der Waals surface area contributed by atoms with E-state index in [1.165, 1.54) is 0 Å². The molecule has 0 aliphatic rings. The van der Waals surface area contributed by atoms with E-state index in [0.29, 0.717) is 0 Å². The zero-order chi connectivity index (χ0) is 15.1. The van der Waals surface area contributed by atoms with Gasteiger partial charge in [-0.3, -0.25) is 10.7 Å². The van der Waals surface area contributed by atoms with Crippen molar-refractivity contribution in [2.75, 3.05) is 0 Å². The molecule has 18 heavy (non-hydrogen) atoms. The van der Waals surface area contributed by atoms with Crippen molar-refractivity contribution in [2.45, 2.75) is 32.5 Å². The first-order valence-electron chi connectivity index (χ1n) is 4.40. The number of hydrogen-bond acceptors (Lipinski definition) is 4. The Morgan fingerprint density at radius 1 is 1.28 bits per heavy atom. The van der Waals surface area contributed by atoms with Gasteiger partial charge in [-0.05, 0) is 20.8 Å². The van der Waals surface area contributed by atoms with E-state index < -0.39 is 29.8 Å². The first-order chi connectivity index (χ1) is 7.75. The molecule has 0 saturated carbocycles. The molecule has 0 aliphatic heterocycles. The summed E-state index contributed by atoms with van der Waals surface area (Å²) in [6.07, 6.45) is -5.79. The number of carbonyl (C=O) groups excluding carboxylic acids is 1. The molecule has 10 heteroatoms. The Kier molecular flexibility index (Phi) is 6.80. The summed E-state index contributed by atoms with van der Waals surface area (Å²) in [5.41, 5.74) is 4.33. The van der Waals surface area contributed by atoms with E-state index in [-0.39, 0.29) is 0 Å². The molecular formula is C8H14F3N3O4. The van der Waals surface area contributed by atoms with Crippen molar-refractivity contribution in [1.29, 1.82) is 5.41 Å². The number of carbonyl (C=O) groups is 2. The molecule has 5 N–H and O–H groups in total. The molecule has 0 aliphatic carbocycles. The zero-order valence-electron chi connectivity index (χ0n) is 9.88. The molecule has 0 spiro atoms. The van der Waals surface area contributed by atoms with Crippen LogP contribution in [0.15, 0.2) is 0 Å². The van der Waals surface area contributed by atoms with Crippen LogP contribution in [0.4, 0.5) is 18.0 Å². The first-order valence-corrected chi connectivity index (χ1v) is 4.40. The van der Waals surface area contributed by atoms with E-state index in [4.69, 9.17) is 25.8 Å². The molecule has 0 rings (SSSR count). The van der Waals surface area contributed by atoms with Crippen molar-refractivity contribution >= 4 is 18.0 Å². The maximum atomic E-state index is 10.7. The summed E-state index contributed by atoms with van der Waals surface area (Å²) in [5, 5.41) is 15.8. The minimum atomic E-state index is -5.08. The van der Waals surface area contributed by atoms with Crippen LogP contribution in [0.25, 0.3) is 0 Å². The lowest BCUT2D eigenvalue weighted by molar-refractivity contribution is -0.192. The average molecular weight is 273 g/mol. The minimum absolute atomic E-state index is 0.417. The molecule has 0 atom stereocenters. The lowest BCUT2D eigenvalue weighted by Crippen LogP contribution is -2.39. The van der Waals surface area contributed by atoms with Gasteiger partial charge in [0.1, 0.15) is 5.60 Å². The number of aliphatic carboxylic acids is 1. The van der Waals surface area contributed by atoms with Crippen molar-refractivity contribution in [3.63, 3.8) is 0 Å². The fourth-order valence-corrected chi connectivity index (χ4v) is 0.414. The van der Waals surface area contributed by atoms with E-state index in [9.17, 15) is 18.0 Å². The second kappa shape index (κ2) is 6.67. The molecule has 0 unspecified atom stereocenters. The van der Waals surface area contributed by atoms with Gasteiger partial charge < -0.3 is 15.6 Å². The number of alkyl halides is 3. The molecule has 0 heterocycles. The lowest BCUT2D eigenvalue weighted by Gasteiger charge is -2.18. The van der Waals surface area contributed by atoms with Gasteiger partial charge in [0.05, 0.1) is 0 Å². The van der Waals surface area contributed by atoms with E-state index >= 15 is 0 Å². The van der Waals surface area contributed by atoms with Crippen molar-refractivity contribution < 1.29 is 32.6 Å². The average Bonchev–Trinajstić information content (AvgIpc) is 1.96. The Morgan fingerprint density at radius 3 is 1.78 bits per heavy atom. The Bertz CT molecular complexity index is 323. The summed E-state index contributed by atoms with van der Waals surface area (Å²) < 4.78 is 36.5. The highest BCUT2D eigenvalue weighted by Gasteiger charge is 2.38. The number of carboxylic acids is 1. The molecule has 0 aromatic heterocycles. The summed E-state index contributed by atoms with van der Waals surface area (Å²) >= 11 is 0. The molecule has 0 saturated heterocycles. The largest absolute Gasteiger partial charge is 0.490 e. The van der Waals surface area contributed by atoms with Crippen molar-refractivity contribution in [3.05, 3.63) is 0 Å². The summed E-state index contributed by atoms with van der Waals surface area (Å²) in [6, 6.07) is 0. The van der Waals surface area contributed by atoms with Crippen molar-refractivity contribution in [3.8, 4) is 0 Å². The van der Waals surface area contributed by atoms with Crippen LogP contribution >= 0.6 is 0 Å². The van der Waals surface area contributed by atoms with Crippen molar-refractivity contribution in [1.82, 2.24) is 5.32 Å². The van der Waals surface area contributed by atoms with Crippen LogP contribution in [0.5, 0.6) is 0 Å². The molecule has 1 amide bonds. The Morgan fingerprint density at radius 2 is 1.61 bits per heavy atom. The fourth-order valence-electron chi connectivity index (χ4n) is 0.414. The number of hydrogen-bond donors (Lipinski definition) is 4. The van der Waals surface area contributed by atoms with Gasteiger partial charge in [0, 0.05) is 0 Å². The maximum absolute atomic E-state index is 10.7. The number of guanidine groups is 1. The number of nitrogens with two attached hydrogens (primary N) is 1. The van der Waals surface area contributed by atoms with Gasteiger partial charge in [-0.2, -0.15) is 13.2 Å². The third-order valence-corrected chi connectivity index (χ3v) is 0.878. The minimum Gasteiger partial charge on any atom is -0.475 e. The SMILES string of the molecule is CC(C)(C)OC(=O)NC(=N)N.O=C(O)C(F)(F)F. The zero-order valence-corrected chi connectivity index (χ0v) is 9.88. The topological polar surface area (TPSA) is 126 Å². The normalized spacial score (nSPS) is 10.8. The van der Waals surface area contributed by atoms with Crippen LogP contribution in [-0.2, 0) is 9.53 Å². The van der Waals surface area contributed by atoms with E-state index in [2.05, 4.69) is 0 Å².